The molecule has 0 unspecified atom stereocenters. The Morgan fingerprint density at radius 3 is 2.95 bits per heavy atom. The second kappa shape index (κ2) is 8.32. The van der Waals surface area contributed by atoms with Gasteiger partial charge in [0.2, 0.25) is 5.91 Å². The molecule has 5 heteroatoms. The minimum Gasteiger partial charge on any atom is -0.368 e. The zero-order valence-electron chi connectivity index (χ0n) is 14.0. The normalized spacial score (nSPS) is 25.4. The van der Waals surface area contributed by atoms with E-state index in [0.717, 1.165) is 13.0 Å². The molecule has 1 aromatic rings. The van der Waals surface area contributed by atoms with Crippen molar-refractivity contribution in [1.82, 2.24) is 14.9 Å². The highest BCUT2D eigenvalue weighted by Crippen LogP contribution is 2.35. The predicted molar refractivity (Wildman–Crippen MR) is 86.3 cm³/mol. The highest BCUT2D eigenvalue weighted by molar-refractivity contribution is 5.77. The second-order valence-corrected chi connectivity index (χ2v) is 6.83. The molecule has 0 saturated heterocycles. The maximum Gasteiger partial charge on any atom is 0.246 e. The van der Waals surface area contributed by atoms with Gasteiger partial charge in [-0.25, -0.2) is 4.98 Å². The highest BCUT2D eigenvalue weighted by atomic mass is 16.5. The molecule has 1 aliphatic rings. The van der Waals surface area contributed by atoms with Crippen LogP contribution in [-0.2, 0) is 16.1 Å². The van der Waals surface area contributed by atoms with Gasteiger partial charge < -0.3 is 14.6 Å². The summed E-state index contributed by atoms with van der Waals surface area (Å²) in [5, 5.41) is 2.90. The average Bonchev–Trinajstić information content (AvgIpc) is 2.98. The molecular formula is C17H29N3O2. The first kappa shape index (κ1) is 17.0. The van der Waals surface area contributed by atoms with Gasteiger partial charge in [-0.1, -0.05) is 27.2 Å². The van der Waals surface area contributed by atoms with Gasteiger partial charge in [0.15, 0.2) is 0 Å². The van der Waals surface area contributed by atoms with Gasteiger partial charge in [-0.2, -0.15) is 0 Å². The van der Waals surface area contributed by atoms with Crippen LogP contribution < -0.4 is 5.32 Å². The van der Waals surface area contributed by atoms with E-state index in [1.54, 1.807) is 12.5 Å². The topological polar surface area (TPSA) is 56.1 Å². The van der Waals surface area contributed by atoms with Crippen LogP contribution in [0.4, 0.5) is 0 Å². The van der Waals surface area contributed by atoms with Crippen LogP contribution in [0.3, 0.4) is 0 Å². The number of carbonyl (C=O) groups is 1. The van der Waals surface area contributed by atoms with Crippen molar-refractivity contribution in [2.24, 2.45) is 17.8 Å². The number of amides is 1. The molecule has 1 N–H and O–H groups in total. The van der Waals surface area contributed by atoms with Crippen LogP contribution >= 0.6 is 0 Å². The van der Waals surface area contributed by atoms with Gasteiger partial charge in [0, 0.05) is 25.5 Å². The fourth-order valence-corrected chi connectivity index (χ4v) is 3.28. The quantitative estimate of drug-likeness (QED) is 0.842. The molecular weight excluding hydrogens is 278 g/mol. The van der Waals surface area contributed by atoms with E-state index in [0.29, 0.717) is 24.3 Å². The van der Waals surface area contributed by atoms with Gasteiger partial charge >= 0.3 is 0 Å². The van der Waals surface area contributed by atoms with Crippen LogP contribution in [0.5, 0.6) is 0 Å². The van der Waals surface area contributed by atoms with Gasteiger partial charge in [0.1, 0.15) is 6.61 Å². The number of nitrogens with zero attached hydrogens (tertiary/aromatic N) is 2. The first-order valence-corrected chi connectivity index (χ1v) is 8.40. The van der Waals surface area contributed by atoms with Crippen molar-refractivity contribution >= 4 is 5.91 Å². The fourth-order valence-electron chi connectivity index (χ4n) is 3.28. The first-order valence-electron chi connectivity index (χ1n) is 8.40. The summed E-state index contributed by atoms with van der Waals surface area (Å²) in [6.07, 6.45) is 9.17. The van der Waals surface area contributed by atoms with E-state index in [4.69, 9.17) is 4.74 Å². The Morgan fingerprint density at radius 1 is 1.45 bits per heavy atom. The summed E-state index contributed by atoms with van der Waals surface area (Å²) < 4.78 is 7.89. The molecule has 0 spiro atoms. The lowest BCUT2D eigenvalue weighted by Crippen LogP contribution is -2.38. The van der Waals surface area contributed by atoms with E-state index in [-0.39, 0.29) is 18.6 Å². The highest BCUT2D eigenvalue weighted by Gasteiger charge is 2.31. The number of imidazole rings is 1. The van der Waals surface area contributed by atoms with Crippen LogP contribution in [0, 0.1) is 17.8 Å². The maximum absolute atomic E-state index is 11.9. The van der Waals surface area contributed by atoms with E-state index < -0.39 is 0 Å². The Balaban J connectivity index is 1.69. The van der Waals surface area contributed by atoms with Gasteiger partial charge in [-0.05, 0) is 30.6 Å². The molecule has 1 amide bonds. The first-order chi connectivity index (χ1) is 10.6. The van der Waals surface area contributed by atoms with Gasteiger partial charge in [0.25, 0.3) is 0 Å². The van der Waals surface area contributed by atoms with Gasteiger partial charge in [-0.3, -0.25) is 4.79 Å². The summed E-state index contributed by atoms with van der Waals surface area (Å²) in [4.78, 5) is 15.9. The standard InChI is InChI=1S/C17H29N3O2/c1-13(2)15-5-4-14(3)10-16(15)22-11-17(21)19-7-9-20-8-6-18-12-20/h6,8,12-16H,4-5,7,9-11H2,1-3H3,(H,19,21)/t14-,15-,16+/m1/s1. The molecule has 22 heavy (non-hydrogen) atoms. The molecule has 1 heterocycles. The molecule has 1 aromatic heterocycles. The smallest absolute Gasteiger partial charge is 0.246 e. The van der Waals surface area contributed by atoms with Crippen LogP contribution in [0.1, 0.15) is 40.0 Å². The average molecular weight is 307 g/mol. The van der Waals surface area contributed by atoms with Gasteiger partial charge in [0.05, 0.1) is 12.4 Å². The zero-order chi connectivity index (χ0) is 15.9. The number of nitrogens with one attached hydrogen (secondary N) is 1. The van der Waals surface area contributed by atoms with Crippen LogP contribution in [0.2, 0.25) is 0 Å². The van der Waals surface area contributed by atoms with Crippen molar-refractivity contribution in [3.05, 3.63) is 18.7 Å². The lowest BCUT2D eigenvalue weighted by molar-refractivity contribution is -0.131. The molecule has 5 nitrogen and oxygen atoms in total. The SMILES string of the molecule is CC(C)[C@H]1CC[C@@H](C)C[C@@H]1OCC(=O)NCCn1ccnc1. The van der Waals surface area contributed by atoms with Crippen molar-refractivity contribution in [2.45, 2.75) is 52.7 Å². The van der Waals surface area contributed by atoms with E-state index in [9.17, 15) is 4.79 Å². The van der Waals surface area contributed by atoms with Gasteiger partial charge in [-0.15, -0.1) is 0 Å². The van der Waals surface area contributed by atoms with Crippen LogP contribution in [0.15, 0.2) is 18.7 Å². The van der Waals surface area contributed by atoms with E-state index in [1.807, 2.05) is 10.8 Å². The third-order valence-corrected chi connectivity index (χ3v) is 4.64. The summed E-state index contributed by atoms with van der Waals surface area (Å²) in [7, 11) is 0. The molecule has 1 aliphatic carbocycles. The number of rotatable bonds is 7. The molecule has 0 radical (unpaired) electrons. The molecule has 0 aromatic carbocycles. The number of carbonyl (C=O) groups excluding carboxylic acids is 1. The Hall–Kier alpha value is -1.36. The molecule has 3 atom stereocenters. The molecule has 0 aliphatic heterocycles. The summed E-state index contributed by atoms with van der Waals surface area (Å²) in [6, 6.07) is 0. The summed E-state index contributed by atoms with van der Waals surface area (Å²) >= 11 is 0. The predicted octanol–water partition coefficient (Wildman–Crippen LogP) is 2.48. The molecule has 124 valence electrons. The van der Waals surface area contributed by atoms with Crippen LogP contribution in [-0.4, -0.2) is 34.7 Å². The Labute approximate surface area is 133 Å². The number of ether oxygens (including phenoxy) is 1. The molecule has 1 saturated carbocycles. The maximum atomic E-state index is 11.9. The lowest BCUT2D eigenvalue weighted by atomic mass is 9.75. The van der Waals surface area contributed by atoms with E-state index >= 15 is 0 Å². The lowest BCUT2D eigenvalue weighted by Gasteiger charge is -2.37. The van der Waals surface area contributed by atoms with Crippen molar-refractivity contribution in [1.29, 1.82) is 0 Å². The van der Waals surface area contributed by atoms with Crippen molar-refractivity contribution in [3.8, 4) is 0 Å². The van der Waals surface area contributed by atoms with Crippen molar-refractivity contribution in [3.63, 3.8) is 0 Å². The number of hydrogen-bond donors (Lipinski definition) is 1. The Bertz CT molecular complexity index is 445. The second-order valence-electron chi connectivity index (χ2n) is 6.83. The minimum absolute atomic E-state index is 0.0270. The summed E-state index contributed by atoms with van der Waals surface area (Å²) in [5.74, 6) is 1.86. The monoisotopic (exact) mass is 307 g/mol. The van der Waals surface area contributed by atoms with E-state index in [2.05, 4.69) is 31.1 Å². The summed E-state index contributed by atoms with van der Waals surface area (Å²) in [5.41, 5.74) is 0. The summed E-state index contributed by atoms with van der Waals surface area (Å²) in [6.45, 7) is 8.29. The molecule has 1 fully saturated rings. The van der Waals surface area contributed by atoms with Crippen molar-refractivity contribution in [2.75, 3.05) is 13.2 Å². The third kappa shape index (κ3) is 5.13. The number of aromatic nitrogens is 2. The molecule has 2 rings (SSSR count). The number of hydrogen-bond acceptors (Lipinski definition) is 3. The minimum atomic E-state index is -0.0270. The van der Waals surface area contributed by atoms with E-state index in [1.165, 1.54) is 12.8 Å². The molecule has 0 bridgehead atoms. The fraction of sp³-hybridized carbons (Fsp3) is 0.765. The Kier molecular flexibility index (Phi) is 6.43. The Morgan fingerprint density at radius 2 is 2.27 bits per heavy atom. The third-order valence-electron chi connectivity index (χ3n) is 4.64. The van der Waals surface area contributed by atoms with Crippen LogP contribution in [0.25, 0.3) is 0 Å². The van der Waals surface area contributed by atoms with Crippen molar-refractivity contribution < 1.29 is 9.53 Å². The largest absolute Gasteiger partial charge is 0.368 e. The zero-order valence-corrected chi connectivity index (χ0v) is 14.0.